The summed E-state index contributed by atoms with van der Waals surface area (Å²) in [4.78, 5) is 23.5. The predicted molar refractivity (Wildman–Crippen MR) is 126 cm³/mol. The summed E-state index contributed by atoms with van der Waals surface area (Å²) >= 11 is 0. The third kappa shape index (κ3) is 7.35. The Balaban J connectivity index is 0.00000280. The first-order chi connectivity index (χ1) is 13.3. The van der Waals surface area contributed by atoms with E-state index in [0.29, 0.717) is 12.5 Å². The number of aliphatic imine (C=N–C) groups is 1. The van der Waals surface area contributed by atoms with Gasteiger partial charge in [0.1, 0.15) is 0 Å². The highest BCUT2D eigenvalue weighted by Crippen LogP contribution is 2.28. The fraction of sp³-hybridized carbons (Fsp3) is 0.905. The average Bonchev–Trinajstić information content (AvgIpc) is 3.39. The Bertz CT molecular complexity index is 481. The maximum atomic E-state index is 12.3. The van der Waals surface area contributed by atoms with Crippen LogP contribution in [0, 0.1) is 5.92 Å². The molecule has 2 saturated heterocycles. The molecule has 0 unspecified atom stereocenters. The van der Waals surface area contributed by atoms with Gasteiger partial charge in [-0.25, -0.2) is 0 Å². The van der Waals surface area contributed by atoms with Gasteiger partial charge in [-0.2, -0.15) is 0 Å². The van der Waals surface area contributed by atoms with Crippen LogP contribution in [0.2, 0.25) is 0 Å². The third-order valence-electron chi connectivity index (χ3n) is 6.50. The number of guanidine groups is 1. The van der Waals surface area contributed by atoms with Crippen molar-refractivity contribution in [1.29, 1.82) is 0 Å². The molecule has 0 spiro atoms. The van der Waals surface area contributed by atoms with Crippen LogP contribution < -0.4 is 5.32 Å². The molecule has 0 aromatic rings. The van der Waals surface area contributed by atoms with Crippen LogP contribution in [-0.2, 0) is 4.79 Å². The Morgan fingerprint density at radius 1 is 0.929 bits per heavy atom. The van der Waals surface area contributed by atoms with E-state index in [1.165, 1.54) is 57.8 Å². The molecule has 3 rings (SSSR count). The molecular formula is C21H40IN5O. The lowest BCUT2D eigenvalue weighted by atomic mass is 10.0. The largest absolute Gasteiger partial charge is 0.356 e. The van der Waals surface area contributed by atoms with Crippen molar-refractivity contribution in [2.24, 2.45) is 10.9 Å². The molecule has 3 fully saturated rings. The lowest BCUT2D eigenvalue weighted by Gasteiger charge is -2.36. The molecule has 2 heterocycles. The molecule has 0 radical (unpaired) electrons. The molecule has 162 valence electrons. The maximum Gasteiger partial charge on any atom is 0.236 e. The van der Waals surface area contributed by atoms with E-state index in [9.17, 15) is 4.79 Å². The number of hydrogen-bond acceptors (Lipinski definition) is 3. The van der Waals surface area contributed by atoms with Crippen molar-refractivity contribution >= 4 is 35.8 Å². The molecule has 2 aliphatic heterocycles. The summed E-state index contributed by atoms with van der Waals surface area (Å²) in [7, 11) is 1.88. The summed E-state index contributed by atoms with van der Waals surface area (Å²) in [5.74, 6) is 2.34. The van der Waals surface area contributed by atoms with Crippen molar-refractivity contribution < 1.29 is 4.79 Å². The normalized spacial score (nSPS) is 21.8. The molecule has 1 aliphatic carbocycles. The summed E-state index contributed by atoms with van der Waals surface area (Å²) in [5.41, 5.74) is 0. The van der Waals surface area contributed by atoms with Crippen molar-refractivity contribution in [3.05, 3.63) is 0 Å². The van der Waals surface area contributed by atoms with Gasteiger partial charge in [0.05, 0.1) is 6.54 Å². The zero-order chi connectivity index (χ0) is 18.9. The minimum atomic E-state index is 0. The Morgan fingerprint density at radius 2 is 1.61 bits per heavy atom. The van der Waals surface area contributed by atoms with Gasteiger partial charge in [-0.3, -0.25) is 14.7 Å². The molecule has 0 aromatic carbocycles. The van der Waals surface area contributed by atoms with Crippen molar-refractivity contribution in [2.45, 2.75) is 57.8 Å². The number of piperazine rings is 1. The van der Waals surface area contributed by atoms with Crippen LogP contribution in [0.3, 0.4) is 0 Å². The third-order valence-corrected chi connectivity index (χ3v) is 6.50. The number of unbranched alkanes of at least 4 members (excludes halogenated alkanes) is 1. The Morgan fingerprint density at radius 3 is 2.25 bits per heavy atom. The summed E-state index contributed by atoms with van der Waals surface area (Å²) < 4.78 is 0. The number of hydrogen-bond donors (Lipinski definition) is 1. The number of rotatable bonds is 7. The highest BCUT2D eigenvalue weighted by atomic mass is 127. The quantitative estimate of drug-likeness (QED) is 0.250. The highest BCUT2D eigenvalue weighted by molar-refractivity contribution is 14.0. The minimum Gasteiger partial charge on any atom is -0.356 e. The first kappa shape index (κ1) is 23.7. The maximum absolute atomic E-state index is 12.3. The van der Waals surface area contributed by atoms with Gasteiger partial charge in [0.15, 0.2) is 5.96 Å². The molecule has 7 heteroatoms. The van der Waals surface area contributed by atoms with Gasteiger partial charge in [-0.15, -0.1) is 24.0 Å². The summed E-state index contributed by atoms with van der Waals surface area (Å²) in [6.07, 6.45) is 12.1. The van der Waals surface area contributed by atoms with Crippen molar-refractivity contribution in [3.63, 3.8) is 0 Å². The summed E-state index contributed by atoms with van der Waals surface area (Å²) in [5, 5.41) is 3.55. The van der Waals surface area contributed by atoms with E-state index in [4.69, 9.17) is 0 Å². The van der Waals surface area contributed by atoms with E-state index in [-0.39, 0.29) is 24.0 Å². The molecule has 0 atom stereocenters. The van der Waals surface area contributed by atoms with Crippen LogP contribution in [0.15, 0.2) is 4.99 Å². The zero-order valence-corrected chi connectivity index (χ0v) is 20.0. The smallest absolute Gasteiger partial charge is 0.236 e. The number of carbonyl (C=O) groups excluding carboxylic acids is 1. The Labute approximate surface area is 188 Å². The lowest BCUT2D eigenvalue weighted by molar-refractivity contribution is -0.131. The first-order valence-corrected chi connectivity index (χ1v) is 11.2. The number of likely N-dealkylation sites (tertiary alicyclic amines) is 1. The molecule has 0 aromatic heterocycles. The predicted octanol–water partition coefficient (Wildman–Crippen LogP) is 2.78. The van der Waals surface area contributed by atoms with Gasteiger partial charge in [0.25, 0.3) is 0 Å². The average molecular weight is 505 g/mol. The second kappa shape index (κ2) is 12.9. The van der Waals surface area contributed by atoms with Gasteiger partial charge in [-0.05, 0) is 25.2 Å². The van der Waals surface area contributed by atoms with E-state index in [2.05, 4.69) is 20.1 Å². The van der Waals surface area contributed by atoms with Crippen molar-refractivity contribution in [1.82, 2.24) is 20.0 Å². The van der Waals surface area contributed by atoms with Crippen LogP contribution in [0.4, 0.5) is 0 Å². The van der Waals surface area contributed by atoms with Gasteiger partial charge in [-0.1, -0.05) is 38.5 Å². The minimum absolute atomic E-state index is 0. The van der Waals surface area contributed by atoms with Crippen LogP contribution in [0.1, 0.15) is 57.8 Å². The van der Waals surface area contributed by atoms with E-state index in [1.807, 2.05) is 11.9 Å². The highest BCUT2D eigenvalue weighted by Gasteiger charge is 2.24. The van der Waals surface area contributed by atoms with Crippen molar-refractivity contribution in [2.75, 3.05) is 59.4 Å². The van der Waals surface area contributed by atoms with Crippen molar-refractivity contribution in [3.8, 4) is 0 Å². The van der Waals surface area contributed by atoms with E-state index in [0.717, 1.165) is 57.7 Å². The zero-order valence-electron chi connectivity index (χ0n) is 17.7. The topological polar surface area (TPSA) is 51.2 Å². The second-order valence-electron chi connectivity index (χ2n) is 8.47. The van der Waals surface area contributed by atoms with Crippen LogP contribution in [-0.4, -0.2) is 86.0 Å². The molecule has 3 aliphatic rings. The van der Waals surface area contributed by atoms with Gasteiger partial charge >= 0.3 is 0 Å². The number of carbonyl (C=O) groups is 1. The standard InChI is InChI=1S/C21H39N5O.HI/c1-22-21(23-11-5-4-10-19-8-2-3-9-19)26-16-14-24(15-17-26)18-20(27)25-12-6-7-13-25;/h19H,2-18H2,1H3,(H,22,23);1H. The molecule has 6 nitrogen and oxygen atoms in total. The van der Waals surface area contributed by atoms with Gasteiger partial charge in [0, 0.05) is 52.9 Å². The van der Waals surface area contributed by atoms with E-state index >= 15 is 0 Å². The number of nitrogens with one attached hydrogen (secondary N) is 1. The Kier molecular flexibility index (Phi) is 10.9. The van der Waals surface area contributed by atoms with Gasteiger partial charge in [0.2, 0.25) is 5.91 Å². The molecule has 1 N–H and O–H groups in total. The number of amides is 1. The molecule has 0 bridgehead atoms. The molecule has 1 amide bonds. The monoisotopic (exact) mass is 505 g/mol. The number of halogens is 1. The fourth-order valence-electron chi connectivity index (χ4n) is 4.77. The van der Waals surface area contributed by atoms with Gasteiger partial charge < -0.3 is 15.1 Å². The summed E-state index contributed by atoms with van der Waals surface area (Å²) in [6, 6.07) is 0. The fourth-order valence-corrected chi connectivity index (χ4v) is 4.77. The van der Waals surface area contributed by atoms with E-state index in [1.54, 1.807) is 0 Å². The molecule has 28 heavy (non-hydrogen) atoms. The lowest BCUT2D eigenvalue weighted by Crippen LogP contribution is -2.54. The van der Waals surface area contributed by atoms with E-state index < -0.39 is 0 Å². The molecule has 1 saturated carbocycles. The number of nitrogens with zero attached hydrogens (tertiary/aromatic N) is 4. The SMILES string of the molecule is CN=C(NCCCCC1CCCC1)N1CCN(CC(=O)N2CCCC2)CC1.I. The Hall–Kier alpha value is -0.570. The second-order valence-corrected chi connectivity index (χ2v) is 8.47. The first-order valence-electron chi connectivity index (χ1n) is 11.2. The van der Waals surface area contributed by atoms with Crippen LogP contribution in [0.25, 0.3) is 0 Å². The molecular weight excluding hydrogens is 465 g/mol. The van der Waals surface area contributed by atoms with Crippen LogP contribution >= 0.6 is 24.0 Å². The van der Waals surface area contributed by atoms with Crippen LogP contribution in [0.5, 0.6) is 0 Å². The summed E-state index contributed by atoms with van der Waals surface area (Å²) in [6.45, 7) is 7.31.